The Hall–Kier alpha value is -3.22. The lowest BCUT2D eigenvalue weighted by Crippen LogP contribution is -2.31. The number of nitrogens with zero attached hydrogens (tertiary/aromatic N) is 5. The third-order valence-electron chi connectivity index (χ3n) is 5.61. The van der Waals surface area contributed by atoms with E-state index in [1.54, 1.807) is 12.3 Å². The normalized spacial score (nSPS) is 15.5. The smallest absolute Gasteiger partial charge is 0.263 e. The molecule has 0 saturated carbocycles. The van der Waals surface area contributed by atoms with Crippen LogP contribution in [0.25, 0.3) is 11.3 Å². The predicted octanol–water partition coefficient (Wildman–Crippen LogP) is 1.90. The highest BCUT2D eigenvalue weighted by Gasteiger charge is 2.20. The fourth-order valence-corrected chi connectivity index (χ4v) is 4.44. The minimum Gasteiger partial charge on any atom is -0.497 e. The third kappa shape index (κ3) is 5.07. The molecule has 11 nitrogen and oxygen atoms in total. The van der Waals surface area contributed by atoms with Crippen molar-refractivity contribution in [1.82, 2.24) is 29.4 Å². The van der Waals surface area contributed by atoms with E-state index in [1.165, 1.54) is 32.5 Å². The van der Waals surface area contributed by atoms with Crippen molar-refractivity contribution in [2.75, 3.05) is 40.0 Å². The second-order valence-electron chi connectivity index (χ2n) is 7.84. The molecule has 33 heavy (non-hydrogen) atoms. The van der Waals surface area contributed by atoms with Crippen molar-refractivity contribution in [3.63, 3.8) is 0 Å². The molecule has 1 aromatic carbocycles. The monoisotopic (exact) mass is 473 g/mol. The molecule has 1 fully saturated rings. The molecule has 0 radical (unpaired) electrons. The summed E-state index contributed by atoms with van der Waals surface area (Å²) in [4.78, 5) is 11.0. The second-order valence-corrected chi connectivity index (χ2v) is 9.73. The summed E-state index contributed by atoms with van der Waals surface area (Å²) in [7, 11) is 1.23. The minimum absolute atomic E-state index is 0.0415. The lowest BCUT2D eigenvalue weighted by molar-refractivity contribution is 0.212. The van der Waals surface area contributed by atoms with Crippen molar-refractivity contribution >= 4 is 15.8 Å². The molecule has 0 spiro atoms. The molecular weight excluding hydrogens is 446 g/mol. The predicted molar refractivity (Wildman–Crippen MR) is 123 cm³/mol. The summed E-state index contributed by atoms with van der Waals surface area (Å²) >= 11 is 0. The lowest BCUT2D eigenvalue weighted by atomic mass is 10.1. The standard InChI is InChI=1S/C21H27N7O4S/c1-23-33(29,30)18-9-14(8-16(10-18)31-3)19-12-24-20(22)21(26-19)32-17-11-25-28(13-17)15-4-6-27(2)7-5-15/h8-13,15,23H,4-7H2,1-3H3,(H2,22,24). The van der Waals surface area contributed by atoms with E-state index in [9.17, 15) is 8.42 Å². The average Bonchev–Trinajstić information content (AvgIpc) is 3.29. The highest BCUT2D eigenvalue weighted by molar-refractivity contribution is 7.89. The molecule has 4 rings (SSSR count). The first kappa shape index (κ1) is 23.0. The average molecular weight is 474 g/mol. The van der Waals surface area contributed by atoms with E-state index < -0.39 is 10.0 Å². The van der Waals surface area contributed by atoms with Crippen LogP contribution in [-0.4, -0.2) is 67.4 Å². The molecule has 0 atom stereocenters. The van der Waals surface area contributed by atoms with Gasteiger partial charge in [-0.2, -0.15) is 5.10 Å². The molecule has 3 heterocycles. The first-order valence-electron chi connectivity index (χ1n) is 10.4. The molecule has 3 N–H and O–H groups in total. The Kier molecular flexibility index (Phi) is 6.49. The number of sulfonamides is 1. The summed E-state index contributed by atoms with van der Waals surface area (Å²) < 4.78 is 40.0. The Morgan fingerprint density at radius 1 is 1.15 bits per heavy atom. The van der Waals surface area contributed by atoms with Gasteiger partial charge in [-0.3, -0.25) is 4.68 Å². The molecule has 0 amide bonds. The number of ether oxygens (including phenoxy) is 2. The minimum atomic E-state index is -3.69. The second kappa shape index (κ2) is 9.33. The molecule has 2 aromatic heterocycles. The van der Waals surface area contributed by atoms with Crippen molar-refractivity contribution in [2.24, 2.45) is 0 Å². The number of nitrogens with two attached hydrogens (primary N) is 1. The van der Waals surface area contributed by atoms with Gasteiger partial charge < -0.3 is 20.1 Å². The molecule has 1 saturated heterocycles. The zero-order valence-electron chi connectivity index (χ0n) is 18.7. The lowest BCUT2D eigenvalue weighted by Gasteiger charge is -2.28. The van der Waals surface area contributed by atoms with E-state index in [0.717, 1.165) is 25.9 Å². The highest BCUT2D eigenvalue weighted by Crippen LogP contribution is 2.31. The fourth-order valence-electron chi connectivity index (χ4n) is 3.65. The van der Waals surface area contributed by atoms with Crippen LogP contribution in [0, 0.1) is 0 Å². The van der Waals surface area contributed by atoms with Crippen molar-refractivity contribution in [3.05, 3.63) is 36.8 Å². The SMILES string of the molecule is CNS(=O)(=O)c1cc(OC)cc(-c2cnc(N)c(Oc3cnn(C4CCN(C)CC4)c3)n2)c1. The van der Waals surface area contributed by atoms with Crippen LogP contribution in [0.4, 0.5) is 5.82 Å². The maximum atomic E-state index is 12.3. The number of hydrogen-bond donors (Lipinski definition) is 2. The number of piperidine rings is 1. The maximum absolute atomic E-state index is 12.3. The Balaban J connectivity index is 1.61. The van der Waals surface area contributed by atoms with Gasteiger partial charge in [0.1, 0.15) is 5.75 Å². The van der Waals surface area contributed by atoms with Gasteiger partial charge in [-0.05, 0) is 52.2 Å². The van der Waals surface area contributed by atoms with E-state index in [1.807, 2.05) is 10.9 Å². The maximum Gasteiger partial charge on any atom is 0.263 e. The van der Waals surface area contributed by atoms with E-state index in [2.05, 4.69) is 31.7 Å². The van der Waals surface area contributed by atoms with E-state index >= 15 is 0 Å². The van der Waals surface area contributed by atoms with Crippen molar-refractivity contribution < 1.29 is 17.9 Å². The molecule has 0 bridgehead atoms. The van der Waals surface area contributed by atoms with Gasteiger partial charge in [-0.25, -0.2) is 23.1 Å². The van der Waals surface area contributed by atoms with Gasteiger partial charge in [-0.1, -0.05) is 0 Å². The number of benzene rings is 1. The molecule has 0 aliphatic carbocycles. The largest absolute Gasteiger partial charge is 0.497 e. The van der Waals surface area contributed by atoms with E-state index in [-0.39, 0.29) is 16.6 Å². The number of nitrogens with one attached hydrogen (secondary N) is 1. The van der Waals surface area contributed by atoms with Crippen LogP contribution in [-0.2, 0) is 10.0 Å². The summed E-state index contributed by atoms with van der Waals surface area (Å²) in [5, 5.41) is 4.44. The molecule has 12 heteroatoms. The van der Waals surface area contributed by atoms with Gasteiger partial charge in [0.2, 0.25) is 10.0 Å². The quantitative estimate of drug-likeness (QED) is 0.527. The fraction of sp³-hybridized carbons (Fsp3) is 0.381. The summed E-state index contributed by atoms with van der Waals surface area (Å²) in [6.45, 7) is 2.04. The molecular formula is C21H27N7O4S. The van der Waals surface area contributed by atoms with Gasteiger partial charge in [0.25, 0.3) is 5.88 Å². The van der Waals surface area contributed by atoms with Gasteiger partial charge in [0.05, 0.1) is 42.3 Å². The van der Waals surface area contributed by atoms with Crippen molar-refractivity contribution in [1.29, 1.82) is 0 Å². The Labute approximate surface area is 192 Å². The van der Waals surface area contributed by atoms with Crippen molar-refractivity contribution in [2.45, 2.75) is 23.8 Å². The van der Waals surface area contributed by atoms with Crippen LogP contribution < -0.4 is 19.9 Å². The third-order valence-corrected chi connectivity index (χ3v) is 7.01. The number of nitrogen functional groups attached to an aromatic ring is 1. The van der Waals surface area contributed by atoms with Gasteiger partial charge in [0, 0.05) is 11.6 Å². The topological polar surface area (TPSA) is 137 Å². The highest BCUT2D eigenvalue weighted by atomic mass is 32.2. The molecule has 3 aromatic rings. The van der Waals surface area contributed by atoms with Crippen LogP contribution in [0.5, 0.6) is 17.4 Å². The molecule has 1 aliphatic rings. The Morgan fingerprint density at radius 2 is 1.91 bits per heavy atom. The first-order valence-corrected chi connectivity index (χ1v) is 11.9. The zero-order valence-corrected chi connectivity index (χ0v) is 19.5. The van der Waals surface area contributed by atoms with Crippen LogP contribution >= 0.6 is 0 Å². The molecule has 0 unspecified atom stereocenters. The van der Waals surface area contributed by atoms with Crippen LogP contribution in [0.1, 0.15) is 18.9 Å². The first-order chi connectivity index (χ1) is 15.8. The van der Waals surface area contributed by atoms with Crippen LogP contribution in [0.2, 0.25) is 0 Å². The van der Waals surface area contributed by atoms with Gasteiger partial charge >= 0.3 is 0 Å². The summed E-state index contributed by atoms with van der Waals surface area (Å²) in [6, 6.07) is 4.89. The number of likely N-dealkylation sites (tertiary alicyclic amines) is 1. The molecule has 176 valence electrons. The number of hydrogen-bond acceptors (Lipinski definition) is 9. The molecule has 1 aliphatic heterocycles. The summed E-state index contributed by atoms with van der Waals surface area (Å²) in [6.07, 6.45) is 6.93. The Morgan fingerprint density at radius 3 is 2.61 bits per heavy atom. The van der Waals surface area contributed by atoms with Gasteiger partial charge in [-0.15, -0.1) is 0 Å². The Bertz CT molecular complexity index is 1240. The van der Waals surface area contributed by atoms with Crippen LogP contribution in [0.15, 0.2) is 41.7 Å². The number of rotatable bonds is 7. The van der Waals surface area contributed by atoms with Crippen LogP contribution in [0.3, 0.4) is 0 Å². The number of methoxy groups -OCH3 is 1. The number of aromatic nitrogens is 4. The van der Waals surface area contributed by atoms with E-state index in [4.69, 9.17) is 15.2 Å². The van der Waals surface area contributed by atoms with Crippen molar-refractivity contribution in [3.8, 4) is 28.6 Å². The van der Waals surface area contributed by atoms with Gasteiger partial charge in [0.15, 0.2) is 11.6 Å². The van der Waals surface area contributed by atoms with E-state index in [0.29, 0.717) is 28.8 Å². The number of anilines is 1. The summed E-state index contributed by atoms with van der Waals surface area (Å²) in [5.41, 5.74) is 6.87. The summed E-state index contributed by atoms with van der Waals surface area (Å²) in [5.74, 6) is 1.08. The zero-order chi connectivity index (χ0) is 23.6.